The molecular weight excluding hydrogens is 635 g/mol. The highest BCUT2D eigenvalue weighted by molar-refractivity contribution is 7.47. The Labute approximate surface area is 283 Å². The van der Waals surface area contributed by atoms with E-state index in [1.165, 1.54) is 0 Å². The monoisotopic (exact) mass is 682 g/mol. The van der Waals surface area contributed by atoms with Gasteiger partial charge in [-0.2, -0.15) is 0 Å². The molecule has 2 rings (SSSR count). The van der Waals surface area contributed by atoms with E-state index < -0.39 is 61.8 Å². The second-order valence-corrected chi connectivity index (χ2v) is 13.8. The van der Waals surface area contributed by atoms with Crippen molar-refractivity contribution in [1.29, 1.82) is 0 Å². The molecule has 0 amide bonds. The van der Waals surface area contributed by atoms with Gasteiger partial charge in [0.1, 0.15) is 12.2 Å². The number of hydrogen-bond donors (Lipinski definition) is 3. The van der Waals surface area contributed by atoms with Crippen molar-refractivity contribution in [1.82, 2.24) is 0 Å². The summed E-state index contributed by atoms with van der Waals surface area (Å²) in [5.41, 5.74) is 4.71. The maximum atomic E-state index is 13.1. The van der Waals surface area contributed by atoms with E-state index in [0.29, 0.717) is 5.57 Å². The van der Waals surface area contributed by atoms with Crippen LogP contribution in [0.2, 0.25) is 0 Å². The average molecular weight is 683 g/mol. The second kappa shape index (κ2) is 18.1. The highest BCUT2D eigenvalue weighted by Crippen LogP contribution is 2.50. The smallest absolute Gasteiger partial charge is 0.449 e. The number of carbonyl (C=O) groups excluding carboxylic acids is 3. The van der Waals surface area contributed by atoms with E-state index in [1.807, 2.05) is 114 Å². The van der Waals surface area contributed by atoms with E-state index in [4.69, 9.17) is 9.05 Å². The number of rotatable bonds is 15. The molecule has 1 heterocycles. The van der Waals surface area contributed by atoms with E-state index in [9.17, 15) is 34.1 Å². The molecule has 0 bridgehead atoms. The molecule has 0 radical (unpaired) electrons. The molecule has 11 heteroatoms. The Balaban J connectivity index is 2.01. The number of ether oxygens (including phenoxy) is 1. The maximum Gasteiger partial charge on any atom is 0.472 e. The number of hydrogen-bond acceptors (Lipinski definition) is 9. The van der Waals surface area contributed by atoms with Crippen LogP contribution in [0.4, 0.5) is 0 Å². The van der Waals surface area contributed by atoms with E-state index in [2.05, 4.69) is 11.3 Å². The number of carbonyl (C=O) groups is 3. The summed E-state index contributed by atoms with van der Waals surface area (Å²) in [6.45, 7) is 16.1. The van der Waals surface area contributed by atoms with Crippen molar-refractivity contribution in [2.45, 2.75) is 79.3 Å². The zero-order chi connectivity index (χ0) is 36.2. The number of ketones is 2. The Bertz CT molecular complexity index is 1580. The van der Waals surface area contributed by atoms with Gasteiger partial charge in [-0.3, -0.25) is 18.6 Å². The first-order chi connectivity index (χ1) is 22.4. The molecule has 1 aliphatic carbocycles. The lowest BCUT2D eigenvalue weighted by Crippen LogP contribution is -2.38. The van der Waals surface area contributed by atoms with Crippen molar-refractivity contribution in [3.8, 4) is 0 Å². The number of esters is 1. The number of phosphoric acid groups is 1. The standard InChI is InChI=1S/C37H47O10P/c1-9-24(2)16-12-17-25(3)14-10-11-15-26(4)18-13-19-27(5)20-21-29-28(6)32(39)31(22-37(29,7)8)47-48(43,44)45-23-30(38)35-33(40)34(41)36(42)46-35/h9-21,30-31,34-35,38,41H,1,22-23H2,2-8H3,(H,43,44)/t30-,31?,34?,35+/m0/s1. The molecule has 1 saturated heterocycles. The first-order valence-corrected chi connectivity index (χ1v) is 16.9. The molecule has 3 N–H and O–H groups in total. The van der Waals surface area contributed by atoms with Crippen LogP contribution in [0.15, 0.2) is 119 Å². The molecule has 0 aromatic heterocycles. The highest BCUT2D eigenvalue weighted by Gasteiger charge is 2.47. The summed E-state index contributed by atoms with van der Waals surface area (Å²) >= 11 is 0. The lowest BCUT2D eigenvalue weighted by atomic mass is 9.71. The van der Waals surface area contributed by atoms with Crippen LogP contribution in [-0.2, 0) is 32.7 Å². The number of allylic oxidation sites excluding steroid dienone is 18. The maximum absolute atomic E-state index is 13.1. The van der Waals surface area contributed by atoms with Gasteiger partial charge < -0.3 is 19.8 Å². The van der Waals surface area contributed by atoms with E-state index in [0.717, 1.165) is 27.9 Å². The average Bonchev–Trinajstić information content (AvgIpc) is 3.27. The summed E-state index contributed by atoms with van der Waals surface area (Å²) in [6.07, 6.45) is 18.5. The fourth-order valence-corrected chi connectivity index (χ4v) is 5.68. The minimum Gasteiger partial charge on any atom is -0.449 e. The molecule has 48 heavy (non-hydrogen) atoms. The third-order valence-corrected chi connectivity index (χ3v) is 8.62. The van der Waals surface area contributed by atoms with Gasteiger partial charge in [0.15, 0.2) is 11.9 Å². The molecule has 1 aliphatic heterocycles. The first-order valence-electron chi connectivity index (χ1n) is 15.4. The van der Waals surface area contributed by atoms with Crippen molar-refractivity contribution in [2.24, 2.45) is 5.41 Å². The molecule has 2 aliphatic rings. The second-order valence-electron chi connectivity index (χ2n) is 12.4. The third-order valence-electron chi connectivity index (χ3n) is 7.63. The highest BCUT2D eigenvalue weighted by atomic mass is 31.2. The van der Waals surface area contributed by atoms with Crippen molar-refractivity contribution < 1.29 is 47.8 Å². The van der Waals surface area contributed by atoms with Gasteiger partial charge in [0.05, 0.1) is 6.61 Å². The summed E-state index contributed by atoms with van der Waals surface area (Å²) in [5.74, 6) is -2.83. The zero-order valence-corrected chi connectivity index (χ0v) is 29.5. The van der Waals surface area contributed by atoms with Crippen molar-refractivity contribution >= 4 is 25.4 Å². The SMILES string of the molecule is C=CC(C)=CC=CC(C)=CC=CC=C(C)C=CC=C(C)C=CC1=C(C)C(=O)C(OP(=O)(O)OC[C@H](O)[C@H]2OC(=O)C(O)C2=O)CC1(C)C. The fraction of sp³-hybridized carbons (Fsp3) is 0.378. The Morgan fingerprint density at radius 3 is 2.00 bits per heavy atom. The van der Waals surface area contributed by atoms with Crippen LogP contribution in [0.5, 0.6) is 0 Å². The van der Waals surface area contributed by atoms with Crippen LogP contribution in [0.3, 0.4) is 0 Å². The zero-order valence-electron chi connectivity index (χ0n) is 28.6. The molecule has 0 spiro atoms. The van der Waals surface area contributed by atoms with Crippen molar-refractivity contribution in [3.05, 3.63) is 119 Å². The molecule has 0 aromatic rings. The van der Waals surface area contributed by atoms with Gasteiger partial charge in [-0.15, -0.1) is 0 Å². The van der Waals surface area contributed by atoms with Gasteiger partial charge in [-0.25, -0.2) is 9.36 Å². The Morgan fingerprint density at radius 2 is 1.48 bits per heavy atom. The van der Waals surface area contributed by atoms with Gasteiger partial charge in [0.2, 0.25) is 11.9 Å². The lowest BCUT2D eigenvalue weighted by Gasteiger charge is -2.36. The van der Waals surface area contributed by atoms with Crippen LogP contribution in [0.25, 0.3) is 0 Å². The Hall–Kier alpha value is -3.76. The number of aliphatic hydroxyl groups is 2. The Kier molecular flexibility index (Phi) is 15.3. The quantitative estimate of drug-likeness (QED) is 0.0785. The normalized spacial score (nSPS) is 25.2. The van der Waals surface area contributed by atoms with Crippen molar-refractivity contribution in [2.75, 3.05) is 6.61 Å². The van der Waals surface area contributed by atoms with Crippen LogP contribution in [0, 0.1) is 5.41 Å². The lowest BCUT2D eigenvalue weighted by molar-refractivity contribution is -0.151. The molecular formula is C37H47O10P. The summed E-state index contributed by atoms with van der Waals surface area (Å²) in [7, 11) is -4.89. The van der Waals surface area contributed by atoms with E-state index in [1.54, 1.807) is 13.0 Å². The molecule has 1 fully saturated rings. The van der Waals surface area contributed by atoms with Crippen LogP contribution >= 0.6 is 7.82 Å². The molecule has 10 nitrogen and oxygen atoms in total. The molecule has 0 aromatic carbocycles. The topological polar surface area (TPSA) is 157 Å². The number of Topliss-reactive ketones (excluding diaryl/α,β-unsaturated/α-hetero) is 2. The number of cyclic esters (lactones) is 1. The van der Waals surface area contributed by atoms with E-state index in [-0.39, 0.29) is 6.42 Å². The van der Waals surface area contributed by atoms with Crippen LogP contribution in [-0.4, -0.2) is 63.7 Å². The van der Waals surface area contributed by atoms with Gasteiger partial charge in [0, 0.05) is 0 Å². The van der Waals surface area contributed by atoms with Gasteiger partial charge in [0.25, 0.3) is 0 Å². The number of aliphatic hydroxyl groups excluding tert-OH is 2. The summed E-state index contributed by atoms with van der Waals surface area (Å²) in [6, 6.07) is 0. The third kappa shape index (κ3) is 12.4. The minimum absolute atomic E-state index is 0.0709. The summed E-state index contributed by atoms with van der Waals surface area (Å²) < 4.78 is 27.2. The van der Waals surface area contributed by atoms with Gasteiger partial charge >= 0.3 is 13.8 Å². The van der Waals surface area contributed by atoms with Crippen molar-refractivity contribution in [3.63, 3.8) is 0 Å². The predicted molar refractivity (Wildman–Crippen MR) is 185 cm³/mol. The first kappa shape index (κ1) is 40.4. The van der Waals surface area contributed by atoms with Gasteiger partial charge in [-0.1, -0.05) is 122 Å². The molecule has 260 valence electrons. The Morgan fingerprint density at radius 1 is 0.958 bits per heavy atom. The van der Waals surface area contributed by atoms with Gasteiger partial charge in [-0.05, 0) is 57.6 Å². The fourth-order valence-electron chi connectivity index (χ4n) is 4.79. The molecule has 3 unspecified atom stereocenters. The molecule has 5 atom stereocenters. The predicted octanol–water partition coefficient (Wildman–Crippen LogP) is 6.22. The summed E-state index contributed by atoms with van der Waals surface area (Å²) in [4.78, 5) is 46.5. The van der Waals surface area contributed by atoms with Crippen LogP contribution < -0.4 is 0 Å². The summed E-state index contributed by atoms with van der Waals surface area (Å²) in [5, 5.41) is 19.5. The molecule has 0 saturated carbocycles. The largest absolute Gasteiger partial charge is 0.472 e. The van der Waals surface area contributed by atoms with Crippen LogP contribution in [0.1, 0.15) is 54.9 Å². The number of phosphoric ester groups is 1. The van der Waals surface area contributed by atoms with E-state index >= 15 is 0 Å². The minimum atomic E-state index is -4.89.